The van der Waals surface area contributed by atoms with E-state index in [-0.39, 0.29) is 0 Å². The van der Waals surface area contributed by atoms with Crippen LogP contribution in [0.5, 0.6) is 0 Å². The highest BCUT2D eigenvalue weighted by Gasteiger charge is 2.39. The summed E-state index contributed by atoms with van der Waals surface area (Å²) in [4.78, 5) is 2.81. The zero-order valence-electron chi connectivity index (χ0n) is 9.34. The monoisotopic (exact) mass is 181 g/mol. The lowest BCUT2D eigenvalue weighted by Crippen LogP contribution is -2.57. The number of piperidine rings is 2. The summed E-state index contributed by atoms with van der Waals surface area (Å²) < 4.78 is 0. The highest BCUT2D eigenvalue weighted by Crippen LogP contribution is 2.38. The molecule has 2 saturated heterocycles. The largest absolute Gasteiger partial charge is 0.293 e. The van der Waals surface area contributed by atoms with E-state index in [4.69, 9.17) is 0 Å². The minimum Gasteiger partial charge on any atom is -0.293 e. The van der Waals surface area contributed by atoms with Gasteiger partial charge in [0.1, 0.15) is 0 Å². The minimum atomic E-state index is 0.399. The van der Waals surface area contributed by atoms with E-state index in [0.717, 1.165) is 12.1 Å². The van der Waals surface area contributed by atoms with Crippen molar-refractivity contribution in [3.05, 3.63) is 0 Å². The zero-order chi connectivity index (χ0) is 9.47. The Morgan fingerprint density at radius 1 is 0.846 bits per heavy atom. The summed E-state index contributed by atoms with van der Waals surface area (Å²) in [5.74, 6) is 0. The van der Waals surface area contributed by atoms with Gasteiger partial charge in [-0.15, -0.1) is 0 Å². The predicted octanol–water partition coefficient (Wildman–Crippen LogP) is 3.19. The molecule has 1 nitrogen and oxygen atoms in total. The molecule has 2 bridgehead atoms. The molecule has 0 spiro atoms. The molecule has 0 aromatic heterocycles. The van der Waals surface area contributed by atoms with Gasteiger partial charge < -0.3 is 0 Å². The molecule has 13 heavy (non-hydrogen) atoms. The van der Waals surface area contributed by atoms with Gasteiger partial charge in [-0.2, -0.15) is 0 Å². The third-order valence-electron chi connectivity index (χ3n) is 3.71. The minimum absolute atomic E-state index is 0.399. The van der Waals surface area contributed by atoms with Gasteiger partial charge in [0.05, 0.1) is 0 Å². The molecule has 76 valence electrons. The Morgan fingerprint density at radius 2 is 1.23 bits per heavy atom. The molecule has 0 atom stereocenters. The van der Waals surface area contributed by atoms with Gasteiger partial charge in [0.2, 0.25) is 0 Å². The lowest BCUT2D eigenvalue weighted by Gasteiger charge is -2.53. The summed E-state index contributed by atoms with van der Waals surface area (Å²) in [5.41, 5.74) is 0.399. The second kappa shape index (κ2) is 3.27. The first kappa shape index (κ1) is 9.51. The van der Waals surface area contributed by atoms with E-state index in [2.05, 4.69) is 25.7 Å². The molecule has 0 unspecified atom stereocenters. The van der Waals surface area contributed by atoms with Crippen molar-refractivity contribution < 1.29 is 0 Å². The molecular formula is C12H23N. The first-order chi connectivity index (χ1) is 6.09. The molecule has 0 aromatic rings. The topological polar surface area (TPSA) is 3.24 Å². The van der Waals surface area contributed by atoms with E-state index in [1.165, 1.54) is 38.5 Å². The fourth-order valence-electron chi connectivity index (χ4n) is 3.42. The van der Waals surface area contributed by atoms with Crippen LogP contribution in [0.3, 0.4) is 0 Å². The Bertz CT molecular complexity index is 158. The lowest BCUT2D eigenvalue weighted by atomic mass is 9.81. The van der Waals surface area contributed by atoms with Gasteiger partial charge in [-0.05, 0) is 46.5 Å². The van der Waals surface area contributed by atoms with Crippen LogP contribution in [-0.2, 0) is 0 Å². The van der Waals surface area contributed by atoms with Crippen molar-refractivity contribution in [1.82, 2.24) is 4.90 Å². The Morgan fingerprint density at radius 3 is 1.46 bits per heavy atom. The maximum Gasteiger partial charge on any atom is 0.0130 e. The van der Waals surface area contributed by atoms with E-state index in [0.29, 0.717) is 5.54 Å². The van der Waals surface area contributed by atoms with Gasteiger partial charge >= 0.3 is 0 Å². The Labute approximate surface area is 82.5 Å². The molecule has 0 N–H and O–H groups in total. The predicted molar refractivity (Wildman–Crippen MR) is 56.9 cm³/mol. The number of fused-ring (bicyclic) bond motifs is 2. The molecule has 0 amide bonds. The third-order valence-corrected chi connectivity index (χ3v) is 3.71. The second-order valence-electron chi connectivity index (χ2n) is 5.75. The van der Waals surface area contributed by atoms with Crippen molar-refractivity contribution in [2.45, 2.75) is 76.9 Å². The van der Waals surface area contributed by atoms with Gasteiger partial charge in [0.15, 0.2) is 0 Å². The molecule has 2 aliphatic heterocycles. The Hall–Kier alpha value is -0.0400. The quantitative estimate of drug-likeness (QED) is 0.555. The third kappa shape index (κ3) is 1.76. The van der Waals surface area contributed by atoms with Gasteiger partial charge in [0.25, 0.3) is 0 Å². The van der Waals surface area contributed by atoms with Crippen molar-refractivity contribution >= 4 is 0 Å². The van der Waals surface area contributed by atoms with Crippen LogP contribution in [0.1, 0.15) is 59.3 Å². The molecule has 2 aliphatic rings. The highest BCUT2D eigenvalue weighted by molar-refractivity contribution is 4.95. The average molecular weight is 181 g/mol. The second-order valence-corrected chi connectivity index (χ2v) is 5.75. The normalized spacial score (nSPS) is 36.2. The SMILES string of the molecule is CC(C)(C)N1C2CCCC1CCC2. The van der Waals surface area contributed by atoms with Crippen molar-refractivity contribution in [3.8, 4) is 0 Å². The van der Waals surface area contributed by atoms with Crippen LogP contribution in [0.15, 0.2) is 0 Å². The van der Waals surface area contributed by atoms with Gasteiger partial charge in [-0.3, -0.25) is 4.90 Å². The summed E-state index contributed by atoms with van der Waals surface area (Å²) in [6, 6.07) is 1.82. The first-order valence-corrected chi connectivity index (χ1v) is 5.87. The van der Waals surface area contributed by atoms with Crippen LogP contribution in [0.2, 0.25) is 0 Å². The number of hydrogen-bond acceptors (Lipinski definition) is 1. The molecular weight excluding hydrogens is 158 g/mol. The van der Waals surface area contributed by atoms with Crippen LogP contribution < -0.4 is 0 Å². The van der Waals surface area contributed by atoms with Crippen LogP contribution in [-0.4, -0.2) is 22.5 Å². The van der Waals surface area contributed by atoms with Gasteiger partial charge in [-0.25, -0.2) is 0 Å². The van der Waals surface area contributed by atoms with Crippen molar-refractivity contribution in [1.29, 1.82) is 0 Å². The molecule has 2 rings (SSSR count). The number of hydrogen-bond donors (Lipinski definition) is 0. The summed E-state index contributed by atoms with van der Waals surface area (Å²) in [6.07, 6.45) is 8.76. The molecule has 2 fully saturated rings. The molecule has 1 heteroatoms. The van der Waals surface area contributed by atoms with Gasteiger partial charge in [0, 0.05) is 17.6 Å². The van der Waals surface area contributed by atoms with Crippen LogP contribution in [0.25, 0.3) is 0 Å². The standard InChI is InChI=1S/C12H23N/c1-12(2,3)13-10-6-4-7-11(13)9-5-8-10/h10-11H,4-9H2,1-3H3. The van der Waals surface area contributed by atoms with E-state index >= 15 is 0 Å². The van der Waals surface area contributed by atoms with Crippen molar-refractivity contribution in [2.75, 3.05) is 0 Å². The highest BCUT2D eigenvalue weighted by atomic mass is 15.3. The van der Waals surface area contributed by atoms with E-state index in [1.54, 1.807) is 0 Å². The average Bonchev–Trinajstić information content (AvgIpc) is 2.01. The molecule has 2 heterocycles. The summed E-state index contributed by atoms with van der Waals surface area (Å²) in [7, 11) is 0. The smallest absolute Gasteiger partial charge is 0.0130 e. The summed E-state index contributed by atoms with van der Waals surface area (Å²) in [5, 5.41) is 0. The maximum atomic E-state index is 2.81. The fourth-order valence-corrected chi connectivity index (χ4v) is 3.42. The number of nitrogens with zero attached hydrogens (tertiary/aromatic N) is 1. The van der Waals surface area contributed by atoms with Crippen LogP contribution >= 0.6 is 0 Å². The van der Waals surface area contributed by atoms with E-state index in [1.807, 2.05) is 0 Å². The van der Waals surface area contributed by atoms with Crippen LogP contribution in [0.4, 0.5) is 0 Å². The van der Waals surface area contributed by atoms with Crippen LogP contribution in [0, 0.1) is 0 Å². The molecule has 0 aliphatic carbocycles. The first-order valence-electron chi connectivity index (χ1n) is 5.87. The van der Waals surface area contributed by atoms with Crippen molar-refractivity contribution in [3.63, 3.8) is 0 Å². The maximum absolute atomic E-state index is 2.81. The Kier molecular flexibility index (Phi) is 2.39. The van der Waals surface area contributed by atoms with E-state index in [9.17, 15) is 0 Å². The molecule has 0 saturated carbocycles. The van der Waals surface area contributed by atoms with Gasteiger partial charge in [-0.1, -0.05) is 12.8 Å². The fraction of sp³-hybridized carbons (Fsp3) is 1.00. The van der Waals surface area contributed by atoms with Crippen molar-refractivity contribution in [2.24, 2.45) is 0 Å². The lowest BCUT2D eigenvalue weighted by molar-refractivity contribution is -0.0299. The van der Waals surface area contributed by atoms with E-state index < -0.39 is 0 Å². The summed E-state index contributed by atoms with van der Waals surface area (Å²) >= 11 is 0. The zero-order valence-corrected chi connectivity index (χ0v) is 9.34. The Balaban J connectivity index is 2.15. The molecule has 0 aromatic carbocycles. The summed E-state index contributed by atoms with van der Waals surface area (Å²) in [6.45, 7) is 7.14. The molecule has 0 radical (unpaired) electrons. The number of rotatable bonds is 0.